The van der Waals surface area contributed by atoms with Gasteiger partial charge in [0, 0.05) is 23.8 Å². The lowest BCUT2D eigenvalue weighted by molar-refractivity contribution is 0.0940. The molecule has 0 saturated heterocycles. The number of carbonyl (C=O) groups excluding carboxylic acids is 1. The maximum atomic E-state index is 12.1. The Morgan fingerprint density at radius 2 is 2.00 bits per heavy atom. The molecule has 0 saturated carbocycles. The lowest BCUT2D eigenvalue weighted by atomic mass is 10.1. The van der Waals surface area contributed by atoms with E-state index in [1.807, 2.05) is 43.3 Å². The van der Waals surface area contributed by atoms with E-state index >= 15 is 0 Å². The molecule has 20 heavy (non-hydrogen) atoms. The van der Waals surface area contributed by atoms with Crippen LogP contribution in [-0.4, -0.2) is 22.8 Å². The van der Waals surface area contributed by atoms with Crippen molar-refractivity contribution < 1.29 is 4.79 Å². The van der Waals surface area contributed by atoms with E-state index in [-0.39, 0.29) is 11.9 Å². The minimum atomic E-state index is -0.140. The third kappa shape index (κ3) is 4.07. The summed E-state index contributed by atoms with van der Waals surface area (Å²) >= 11 is 5.94. The number of pyridine rings is 1. The largest absolute Gasteiger partial charge is 0.348 e. The number of nitrogens with zero attached hydrogens (tertiary/aromatic N) is 1. The SMILES string of the molecule is Cc1ccc(C(=O)NC(CCl)Cc2ccccc2)cn1. The molecule has 0 fully saturated rings. The molecular formula is C16H17ClN2O. The molecule has 0 aliphatic heterocycles. The maximum absolute atomic E-state index is 12.1. The van der Waals surface area contributed by atoms with Gasteiger partial charge in [-0.05, 0) is 31.0 Å². The van der Waals surface area contributed by atoms with Crippen LogP contribution in [0.5, 0.6) is 0 Å². The minimum absolute atomic E-state index is 0.0899. The van der Waals surface area contributed by atoms with E-state index in [1.54, 1.807) is 12.3 Å². The maximum Gasteiger partial charge on any atom is 0.253 e. The topological polar surface area (TPSA) is 42.0 Å². The first-order chi connectivity index (χ1) is 9.69. The van der Waals surface area contributed by atoms with Crippen LogP contribution in [0.3, 0.4) is 0 Å². The predicted molar refractivity (Wildman–Crippen MR) is 81.1 cm³/mol. The van der Waals surface area contributed by atoms with Gasteiger partial charge in [-0.15, -0.1) is 11.6 Å². The Hall–Kier alpha value is -1.87. The van der Waals surface area contributed by atoms with Crippen molar-refractivity contribution >= 4 is 17.5 Å². The molecule has 0 aliphatic rings. The van der Waals surface area contributed by atoms with Crippen LogP contribution in [0.4, 0.5) is 0 Å². The molecule has 1 atom stereocenters. The highest BCUT2D eigenvalue weighted by Crippen LogP contribution is 2.06. The van der Waals surface area contributed by atoms with Crippen LogP contribution in [-0.2, 0) is 6.42 Å². The van der Waals surface area contributed by atoms with Gasteiger partial charge in [0.15, 0.2) is 0 Å². The van der Waals surface area contributed by atoms with E-state index in [1.165, 1.54) is 0 Å². The van der Waals surface area contributed by atoms with Crippen LogP contribution in [0.1, 0.15) is 21.6 Å². The van der Waals surface area contributed by atoms with Gasteiger partial charge in [0.2, 0.25) is 0 Å². The molecule has 1 unspecified atom stereocenters. The highest BCUT2D eigenvalue weighted by Gasteiger charge is 2.13. The quantitative estimate of drug-likeness (QED) is 0.860. The summed E-state index contributed by atoms with van der Waals surface area (Å²) < 4.78 is 0. The van der Waals surface area contributed by atoms with E-state index in [0.717, 1.165) is 17.7 Å². The Labute approximate surface area is 124 Å². The second-order valence-corrected chi connectivity index (χ2v) is 5.01. The van der Waals surface area contributed by atoms with Gasteiger partial charge in [-0.3, -0.25) is 9.78 Å². The number of aromatic nitrogens is 1. The summed E-state index contributed by atoms with van der Waals surface area (Å²) in [5.74, 6) is 0.235. The van der Waals surface area contributed by atoms with Gasteiger partial charge in [-0.1, -0.05) is 30.3 Å². The van der Waals surface area contributed by atoms with Crippen molar-refractivity contribution in [2.45, 2.75) is 19.4 Å². The number of aryl methyl sites for hydroxylation is 1. The van der Waals surface area contributed by atoms with Crippen molar-refractivity contribution in [1.82, 2.24) is 10.3 Å². The van der Waals surface area contributed by atoms with E-state index in [9.17, 15) is 4.79 Å². The number of carbonyl (C=O) groups is 1. The van der Waals surface area contributed by atoms with Crippen LogP contribution in [0, 0.1) is 6.92 Å². The molecule has 104 valence electrons. The van der Waals surface area contributed by atoms with Crippen molar-refractivity contribution in [2.24, 2.45) is 0 Å². The molecule has 1 aromatic carbocycles. The predicted octanol–water partition coefficient (Wildman–Crippen LogP) is 2.97. The Morgan fingerprint density at radius 1 is 1.25 bits per heavy atom. The standard InChI is InChI=1S/C16H17ClN2O/c1-12-7-8-14(11-18-12)16(20)19-15(10-17)9-13-5-3-2-4-6-13/h2-8,11,15H,9-10H2,1H3,(H,19,20). The van der Waals surface area contributed by atoms with Crippen LogP contribution in [0.15, 0.2) is 48.7 Å². The second kappa shape index (κ2) is 7.06. The number of alkyl halides is 1. The number of halogens is 1. The molecule has 0 radical (unpaired) electrons. The van der Waals surface area contributed by atoms with E-state index in [0.29, 0.717) is 11.4 Å². The number of hydrogen-bond donors (Lipinski definition) is 1. The first kappa shape index (κ1) is 14.5. The zero-order valence-electron chi connectivity index (χ0n) is 11.3. The fraction of sp³-hybridized carbons (Fsp3) is 0.250. The Bertz CT molecular complexity index is 554. The fourth-order valence-electron chi connectivity index (χ4n) is 1.91. The molecule has 1 heterocycles. The van der Waals surface area contributed by atoms with Crippen LogP contribution >= 0.6 is 11.6 Å². The molecule has 0 bridgehead atoms. The van der Waals surface area contributed by atoms with Crippen molar-refractivity contribution in [3.05, 3.63) is 65.5 Å². The third-order valence-corrected chi connectivity index (χ3v) is 3.39. The smallest absolute Gasteiger partial charge is 0.253 e. The average Bonchev–Trinajstić information content (AvgIpc) is 2.48. The van der Waals surface area contributed by atoms with Crippen molar-refractivity contribution in [1.29, 1.82) is 0 Å². The van der Waals surface area contributed by atoms with Gasteiger partial charge >= 0.3 is 0 Å². The number of rotatable bonds is 5. The Balaban J connectivity index is 1.99. The Morgan fingerprint density at radius 3 is 2.60 bits per heavy atom. The summed E-state index contributed by atoms with van der Waals surface area (Å²) in [5.41, 5.74) is 2.60. The first-order valence-electron chi connectivity index (χ1n) is 6.52. The summed E-state index contributed by atoms with van der Waals surface area (Å²) in [4.78, 5) is 16.2. The molecule has 0 aliphatic carbocycles. The molecule has 1 amide bonds. The zero-order valence-corrected chi connectivity index (χ0v) is 12.1. The summed E-state index contributed by atoms with van der Waals surface area (Å²) in [7, 11) is 0. The molecule has 2 aromatic rings. The van der Waals surface area contributed by atoms with Crippen LogP contribution in [0.2, 0.25) is 0 Å². The van der Waals surface area contributed by atoms with Gasteiger partial charge in [0.25, 0.3) is 5.91 Å². The summed E-state index contributed by atoms with van der Waals surface area (Å²) in [6.45, 7) is 1.89. The third-order valence-electron chi connectivity index (χ3n) is 3.02. The molecule has 4 heteroatoms. The molecule has 1 aromatic heterocycles. The normalized spacial score (nSPS) is 11.9. The lowest BCUT2D eigenvalue weighted by Crippen LogP contribution is -2.37. The summed E-state index contributed by atoms with van der Waals surface area (Å²) in [5, 5.41) is 2.94. The van der Waals surface area contributed by atoms with Gasteiger partial charge < -0.3 is 5.32 Å². The van der Waals surface area contributed by atoms with Crippen LogP contribution < -0.4 is 5.32 Å². The van der Waals surface area contributed by atoms with E-state index in [2.05, 4.69) is 10.3 Å². The zero-order chi connectivity index (χ0) is 14.4. The lowest BCUT2D eigenvalue weighted by Gasteiger charge is -2.16. The monoisotopic (exact) mass is 288 g/mol. The van der Waals surface area contributed by atoms with E-state index in [4.69, 9.17) is 11.6 Å². The van der Waals surface area contributed by atoms with Gasteiger partial charge in [-0.25, -0.2) is 0 Å². The highest BCUT2D eigenvalue weighted by atomic mass is 35.5. The van der Waals surface area contributed by atoms with Crippen molar-refractivity contribution in [2.75, 3.05) is 5.88 Å². The minimum Gasteiger partial charge on any atom is -0.348 e. The second-order valence-electron chi connectivity index (χ2n) is 4.70. The number of benzene rings is 1. The van der Waals surface area contributed by atoms with Gasteiger partial charge in [0.05, 0.1) is 5.56 Å². The summed E-state index contributed by atoms with van der Waals surface area (Å²) in [6.07, 6.45) is 2.30. The first-order valence-corrected chi connectivity index (χ1v) is 7.06. The number of nitrogens with one attached hydrogen (secondary N) is 1. The average molecular weight is 289 g/mol. The van der Waals surface area contributed by atoms with Crippen molar-refractivity contribution in [3.63, 3.8) is 0 Å². The molecule has 0 spiro atoms. The van der Waals surface area contributed by atoms with Gasteiger partial charge in [-0.2, -0.15) is 0 Å². The number of amides is 1. The molecule has 3 nitrogen and oxygen atoms in total. The Kier molecular flexibility index (Phi) is 5.13. The van der Waals surface area contributed by atoms with Crippen molar-refractivity contribution in [3.8, 4) is 0 Å². The molecule has 1 N–H and O–H groups in total. The van der Waals surface area contributed by atoms with Gasteiger partial charge in [0.1, 0.15) is 0 Å². The summed E-state index contributed by atoms with van der Waals surface area (Å²) in [6, 6.07) is 13.5. The van der Waals surface area contributed by atoms with Crippen LogP contribution in [0.25, 0.3) is 0 Å². The fourth-order valence-corrected chi connectivity index (χ4v) is 2.10. The van der Waals surface area contributed by atoms with E-state index < -0.39 is 0 Å². The highest BCUT2D eigenvalue weighted by molar-refractivity contribution is 6.18. The number of hydrogen-bond acceptors (Lipinski definition) is 2. The molecule has 2 rings (SSSR count). The molecular weight excluding hydrogens is 272 g/mol.